The zero-order chi connectivity index (χ0) is 15.8. The molecule has 0 spiro atoms. The van der Waals surface area contributed by atoms with Gasteiger partial charge in [0.25, 0.3) is 0 Å². The summed E-state index contributed by atoms with van der Waals surface area (Å²) in [7, 11) is 0. The minimum absolute atomic E-state index is 0.146. The molecule has 0 aromatic rings. The first-order valence-corrected chi connectivity index (χ1v) is 7.32. The Bertz CT molecular complexity index is 309. The highest BCUT2D eigenvalue weighted by molar-refractivity contribution is 5.69. The van der Waals surface area contributed by atoms with Crippen molar-refractivity contribution < 1.29 is 19.1 Å². The van der Waals surface area contributed by atoms with Crippen molar-refractivity contribution in [2.45, 2.75) is 32.1 Å². The van der Waals surface area contributed by atoms with Crippen molar-refractivity contribution in [2.75, 3.05) is 32.8 Å². The van der Waals surface area contributed by atoms with Crippen LogP contribution < -0.4 is 16.8 Å². The van der Waals surface area contributed by atoms with Gasteiger partial charge in [0.2, 0.25) is 0 Å². The largest absolute Gasteiger partial charge is 0.461 e. The van der Waals surface area contributed by atoms with Crippen LogP contribution in [0, 0.1) is 0 Å². The number of rotatable bonds is 12. The molecule has 0 rings (SSSR count). The Kier molecular flexibility index (Phi) is 13.7. The van der Waals surface area contributed by atoms with Gasteiger partial charge in [0.1, 0.15) is 13.2 Å². The number of carbonyl (C=O) groups is 2. The summed E-state index contributed by atoms with van der Waals surface area (Å²) in [6.07, 6.45) is 7.07. The molecule has 0 aliphatic heterocycles. The lowest BCUT2D eigenvalue weighted by atomic mass is 10.2. The van der Waals surface area contributed by atoms with Crippen LogP contribution in [0.4, 0.5) is 4.79 Å². The SMILES string of the molecule is NCCCCCCNC(=O)OC/C=C/COC(=O)CCN. The molecule has 7 heteroatoms. The number of hydrogen-bond acceptors (Lipinski definition) is 6. The number of nitrogens with one attached hydrogen (secondary N) is 1. The molecule has 5 N–H and O–H groups in total. The number of alkyl carbamates (subject to hydrolysis) is 1. The molecule has 0 heterocycles. The zero-order valence-corrected chi connectivity index (χ0v) is 12.5. The molecule has 21 heavy (non-hydrogen) atoms. The third-order valence-corrected chi connectivity index (χ3v) is 2.57. The van der Waals surface area contributed by atoms with Crippen molar-refractivity contribution in [2.24, 2.45) is 11.5 Å². The molecule has 0 aromatic heterocycles. The molecule has 0 aliphatic rings. The van der Waals surface area contributed by atoms with E-state index in [9.17, 15) is 9.59 Å². The molecule has 0 bridgehead atoms. The predicted molar refractivity (Wildman–Crippen MR) is 80.6 cm³/mol. The van der Waals surface area contributed by atoms with E-state index in [0.29, 0.717) is 13.1 Å². The molecule has 0 unspecified atom stereocenters. The number of hydrogen-bond donors (Lipinski definition) is 3. The number of nitrogens with two attached hydrogens (primary N) is 2. The maximum absolute atomic E-state index is 11.3. The Hall–Kier alpha value is -1.60. The minimum Gasteiger partial charge on any atom is -0.461 e. The van der Waals surface area contributed by atoms with Crippen LogP contribution in [-0.4, -0.2) is 44.9 Å². The van der Waals surface area contributed by atoms with Crippen LogP contribution >= 0.6 is 0 Å². The molecule has 7 nitrogen and oxygen atoms in total. The first kappa shape index (κ1) is 19.4. The fourth-order valence-corrected chi connectivity index (χ4v) is 1.46. The van der Waals surface area contributed by atoms with Crippen LogP contribution in [0.2, 0.25) is 0 Å². The van der Waals surface area contributed by atoms with Crippen LogP contribution in [0.15, 0.2) is 12.2 Å². The van der Waals surface area contributed by atoms with E-state index in [4.69, 9.17) is 20.9 Å². The van der Waals surface area contributed by atoms with Gasteiger partial charge in [-0.15, -0.1) is 0 Å². The third-order valence-electron chi connectivity index (χ3n) is 2.57. The summed E-state index contributed by atoms with van der Waals surface area (Å²) in [5.41, 5.74) is 10.6. The molecule has 0 atom stereocenters. The van der Waals surface area contributed by atoms with Crippen molar-refractivity contribution in [3.05, 3.63) is 12.2 Å². The van der Waals surface area contributed by atoms with Crippen LogP contribution in [0.5, 0.6) is 0 Å². The summed E-state index contributed by atoms with van der Waals surface area (Å²) in [5.74, 6) is -0.338. The third kappa shape index (κ3) is 14.6. The van der Waals surface area contributed by atoms with E-state index in [0.717, 1.165) is 25.7 Å². The van der Waals surface area contributed by atoms with Crippen molar-refractivity contribution in [3.8, 4) is 0 Å². The standard InChI is InChI=1S/C14H27N3O4/c15-8-3-1-2-4-10-17-14(19)21-12-6-5-11-20-13(18)7-9-16/h5-6H,1-4,7-12,15-16H2,(H,17,19)/b6-5+. The fourth-order valence-electron chi connectivity index (χ4n) is 1.46. The van der Waals surface area contributed by atoms with Crippen LogP contribution in [0.25, 0.3) is 0 Å². The van der Waals surface area contributed by atoms with E-state index < -0.39 is 6.09 Å². The summed E-state index contributed by atoms with van der Waals surface area (Å²) in [6.45, 7) is 1.89. The molecule has 1 amide bonds. The molecule has 0 aromatic carbocycles. The van der Waals surface area contributed by atoms with Gasteiger partial charge in [-0.25, -0.2) is 4.79 Å². The van der Waals surface area contributed by atoms with Gasteiger partial charge < -0.3 is 26.3 Å². The number of amides is 1. The summed E-state index contributed by atoms with van der Waals surface area (Å²) in [5, 5.41) is 2.66. The molecule has 0 aliphatic carbocycles. The minimum atomic E-state index is -0.446. The second kappa shape index (κ2) is 14.8. The topological polar surface area (TPSA) is 117 Å². The van der Waals surface area contributed by atoms with Crippen molar-refractivity contribution in [1.29, 1.82) is 0 Å². The summed E-state index contributed by atoms with van der Waals surface area (Å²) in [4.78, 5) is 22.2. The van der Waals surface area contributed by atoms with Gasteiger partial charge in [0, 0.05) is 13.1 Å². The molecular formula is C14H27N3O4. The first-order valence-electron chi connectivity index (χ1n) is 7.32. The number of esters is 1. The quantitative estimate of drug-likeness (QED) is 0.277. The molecule has 122 valence electrons. The van der Waals surface area contributed by atoms with Crippen molar-refractivity contribution >= 4 is 12.1 Å². The van der Waals surface area contributed by atoms with Gasteiger partial charge in [-0.05, 0) is 31.5 Å². The Labute approximate surface area is 126 Å². The first-order chi connectivity index (χ1) is 10.2. The Morgan fingerprint density at radius 3 is 2.24 bits per heavy atom. The highest BCUT2D eigenvalue weighted by Crippen LogP contribution is 1.97. The average molecular weight is 301 g/mol. The van der Waals surface area contributed by atoms with Crippen LogP contribution in [0.3, 0.4) is 0 Å². The van der Waals surface area contributed by atoms with E-state index >= 15 is 0 Å². The fraction of sp³-hybridized carbons (Fsp3) is 0.714. The van der Waals surface area contributed by atoms with Crippen LogP contribution in [0.1, 0.15) is 32.1 Å². The summed E-state index contributed by atoms with van der Waals surface area (Å²) < 4.78 is 9.74. The highest BCUT2D eigenvalue weighted by Gasteiger charge is 1.99. The molecule has 0 fully saturated rings. The highest BCUT2D eigenvalue weighted by atomic mass is 16.5. The van der Waals surface area contributed by atoms with E-state index in [1.165, 1.54) is 0 Å². The maximum Gasteiger partial charge on any atom is 0.407 e. The van der Waals surface area contributed by atoms with Crippen LogP contribution in [-0.2, 0) is 14.3 Å². The summed E-state index contributed by atoms with van der Waals surface area (Å²) in [6, 6.07) is 0. The van der Waals surface area contributed by atoms with Gasteiger partial charge in [-0.2, -0.15) is 0 Å². The molecule has 0 radical (unpaired) electrons. The van der Waals surface area contributed by atoms with Crippen molar-refractivity contribution in [1.82, 2.24) is 5.32 Å². The van der Waals surface area contributed by atoms with E-state index in [1.54, 1.807) is 12.2 Å². The van der Waals surface area contributed by atoms with E-state index in [2.05, 4.69) is 5.32 Å². The Morgan fingerprint density at radius 1 is 0.905 bits per heavy atom. The lowest BCUT2D eigenvalue weighted by molar-refractivity contribution is -0.142. The Morgan fingerprint density at radius 2 is 1.57 bits per heavy atom. The summed E-state index contributed by atoms with van der Waals surface area (Å²) >= 11 is 0. The normalized spacial score (nSPS) is 10.6. The average Bonchev–Trinajstić information content (AvgIpc) is 2.46. The number of unbranched alkanes of at least 4 members (excludes halogenated alkanes) is 3. The smallest absolute Gasteiger partial charge is 0.407 e. The lowest BCUT2D eigenvalue weighted by Gasteiger charge is -2.05. The van der Waals surface area contributed by atoms with Gasteiger partial charge in [0.15, 0.2) is 0 Å². The van der Waals surface area contributed by atoms with E-state index in [1.807, 2.05) is 0 Å². The van der Waals surface area contributed by atoms with Gasteiger partial charge in [0.05, 0.1) is 6.42 Å². The Balaban J connectivity index is 3.38. The van der Waals surface area contributed by atoms with Gasteiger partial charge in [-0.3, -0.25) is 4.79 Å². The molecule has 0 saturated heterocycles. The number of carbonyl (C=O) groups excluding carboxylic acids is 2. The van der Waals surface area contributed by atoms with Gasteiger partial charge >= 0.3 is 12.1 Å². The maximum atomic E-state index is 11.3. The van der Waals surface area contributed by atoms with Crippen molar-refractivity contribution in [3.63, 3.8) is 0 Å². The lowest BCUT2D eigenvalue weighted by Crippen LogP contribution is -2.25. The monoisotopic (exact) mass is 301 g/mol. The molecule has 0 saturated carbocycles. The number of ether oxygens (including phenoxy) is 2. The van der Waals surface area contributed by atoms with Gasteiger partial charge in [-0.1, -0.05) is 12.8 Å². The second-order valence-corrected chi connectivity index (χ2v) is 4.42. The zero-order valence-electron chi connectivity index (χ0n) is 12.5. The molecular weight excluding hydrogens is 274 g/mol. The predicted octanol–water partition coefficient (Wildman–Crippen LogP) is 0.680. The second-order valence-electron chi connectivity index (χ2n) is 4.42. The van der Waals surface area contributed by atoms with E-state index in [-0.39, 0.29) is 32.1 Å².